The molecule has 0 bridgehead atoms. The molecule has 1 atom stereocenters. The molecular weight excluding hydrogens is 214 g/mol. The number of terminal acetylenes is 1. The number of hydrogen-bond acceptors (Lipinski definition) is 3. The Labute approximate surface area is 92.4 Å². The van der Waals surface area contributed by atoms with Crippen molar-refractivity contribution in [3.05, 3.63) is 0 Å². The maximum absolute atomic E-state index is 11.5. The second kappa shape index (κ2) is 6.83. The molecule has 0 fully saturated rings. The minimum atomic E-state index is -3.32. The summed E-state index contributed by atoms with van der Waals surface area (Å²) < 4.78 is 30.5. The highest BCUT2D eigenvalue weighted by Gasteiger charge is 2.14. The van der Waals surface area contributed by atoms with Crippen LogP contribution in [0.15, 0.2) is 0 Å². The maximum atomic E-state index is 11.5. The first kappa shape index (κ1) is 14.4. The van der Waals surface area contributed by atoms with Crippen molar-refractivity contribution in [1.82, 2.24) is 4.72 Å². The lowest BCUT2D eigenvalue weighted by atomic mass is 10.3. The van der Waals surface area contributed by atoms with Crippen LogP contribution in [-0.4, -0.2) is 32.9 Å². The summed E-state index contributed by atoms with van der Waals surface area (Å²) in [7, 11) is -3.32. The van der Waals surface area contributed by atoms with Crippen molar-refractivity contribution in [3.8, 4) is 12.3 Å². The first-order chi connectivity index (χ1) is 6.91. The van der Waals surface area contributed by atoms with Gasteiger partial charge in [0.25, 0.3) is 0 Å². The molecule has 1 unspecified atom stereocenters. The predicted molar refractivity (Wildman–Crippen MR) is 60.9 cm³/mol. The molecule has 0 aliphatic carbocycles. The molecule has 0 heterocycles. The summed E-state index contributed by atoms with van der Waals surface area (Å²) >= 11 is 0. The lowest BCUT2D eigenvalue weighted by Gasteiger charge is -2.12. The first-order valence-electron chi connectivity index (χ1n) is 4.99. The van der Waals surface area contributed by atoms with Crippen molar-refractivity contribution in [1.29, 1.82) is 0 Å². The molecule has 0 saturated heterocycles. The Morgan fingerprint density at radius 2 is 2.07 bits per heavy atom. The molecule has 0 saturated carbocycles. The molecule has 15 heavy (non-hydrogen) atoms. The van der Waals surface area contributed by atoms with E-state index in [0.717, 1.165) is 0 Å². The molecule has 0 aliphatic rings. The Hall–Kier alpha value is -0.570. The van der Waals surface area contributed by atoms with E-state index in [0.29, 0.717) is 6.42 Å². The predicted octanol–water partition coefficient (Wildman–Crippen LogP) is 0.743. The summed E-state index contributed by atoms with van der Waals surface area (Å²) in [6.07, 6.45) is 5.78. The van der Waals surface area contributed by atoms with Gasteiger partial charge in [-0.1, -0.05) is 12.8 Å². The number of rotatable bonds is 7. The Kier molecular flexibility index (Phi) is 6.57. The molecule has 1 N–H and O–H groups in total. The summed E-state index contributed by atoms with van der Waals surface area (Å²) in [4.78, 5) is 0. The summed E-state index contributed by atoms with van der Waals surface area (Å²) in [6.45, 7) is 5.73. The van der Waals surface area contributed by atoms with Gasteiger partial charge in [-0.05, 0) is 20.3 Å². The van der Waals surface area contributed by atoms with Gasteiger partial charge in [0.15, 0.2) is 0 Å². The lowest BCUT2D eigenvalue weighted by molar-refractivity contribution is 0.0911. The number of sulfonamides is 1. The van der Waals surface area contributed by atoms with E-state index in [1.165, 1.54) is 0 Å². The fraction of sp³-hybridized carbons (Fsp3) is 0.800. The van der Waals surface area contributed by atoms with Crippen LogP contribution < -0.4 is 4.72 Å². The third-order valence-corrected chi connectivity index (χ3v) is 3.08. The molecule has 0 rings (SSSR count). The standard InChI is InChI=1S/C10H19NO3S/c1-5-10(6-2)11-15(12,13)8-7-14-9(3)4/h1,9-11H,6-8H2,2-4H3. The monoisotopic (exact) mass is 233 g/mol. The Morgan fingerprint density at radius 1 is 1.47 bits per heavy atom. The van der Waals surface area contributed by atoms with Gasteiger partial charge in [-0.25, -0.2) is 13.1 Å². The van der Waals surface area contributed by atoms with Crippen molar-refractivity contribution in [2.45, 2.75) is 39.3 Å². The van der Waals surface area contributed by atoms with Crippen molar-refractivity contribution < 1.29 is 13.2 Å². The van der Waals surface area contributed by atoms with Gasteiger partial charge in [0.2, 0.25) is 10.0 Å². The fourth-order valence-corrected chi connectivity index (χ4v) is 2.01. The minimum absolute atomic E-state index is 0.0369. The quantitative estimate of drug-likeness (QED) is 0.660. The topological polar surface area (TPSA) is 55.4 Å². The van der Waals surface area contributed by atoms with Crippen LogP contribution in [0.4, 0.5) is 0 Å². The summed E-state index contributed by atoms with van der Waals surface area (Å²) in [5.74, 6) is 2.32. The van der Waals surface area contributed by atoms with Crippen molar-refractivity contribution in [2.24, 2.45) is 0 Å². The van der Waals surface area contributed by atoms with E-state index in [1.807, 2.05) is 20.8 Å². The molecule has 0 aromatic heterocycles. The van der Waals surface area contributed by atoms with Gasteiger partial charge >= 0.3 is 0 Å². The second-order valence-electron chi connectivity index (χ2n) is 3.48. The molecule has 0 spiro atoms. The fourth-order valence-electron chi connectivity index (χ4n) is 0.904. The van der Waals surface area contributed by atoms with Gasteiger partial charge in [-0.15, -0.1) is 6.42 Å². The van der Waals surface area contributed by atoms with Gasteiger partial charge in [0, 0.05) is 0 Å². The van der Waals surface area contributed by atoms with Crippen molar-refractivity contribution in [2.75, 3.05) is 12.4 Å². The molecule has 5 heteroatoms. The number of nitrogens with one attached hydrogen (secondary N) is 1. The highest BCUT2D eigenvalue weighted by molar-refractivity contribution is 7.89. The van der Waals surface area contributed by atoms with E-state index in [9.17, 15) is 8.42 Å². The lowest BCUT2D eigenvalue weighted by Crippen LogP contribution is -2.36. The largest absolute Gasteiger partial charge is 0.378 e. The average molecular weight is 233 g/mol. The van der Waals surface area contributed by atoms with Gasteiger partial charge in [0.05, 0.1) is 24.5 Å². The summed E-state index contributed by atoms with van der Waals surface area (Å²) in [6, 6.07) is -0.422. The van der Waals surface area contributed by atoms with E-state index < -0.39 is 16.1 Å². The summed E-state index contributed by atoms with van der Waals surface area (Å²) in [5, 5.41) is 0. The highest BCUT2D eigenvalue weighted by atomic mass is 32.2. The van der Waals surface area contributed by atoms with Crippen LogP contribution in [-0.2, 0) is 14.8 Å². The SMILES string of the molecule is C#CC(CC)NS(=O)(=O)CCOC(C)C. The third-order valence-electron chi connectivity index (χ3n) is 1.73. The van der Waals surface area contributed by atoms with Crippen LogP contribution in [0, 0.1) is 12.3 Å². The van der Waals surface area contributed by atoms with Crippen molar-refractivity contribution in [3.63, 3.8) is 0 Å². The average Bonchev–Trinajstić information content (AvgIpc) is 2.13. The summed E-state index contributed by atoms with van der Waals surface area (Å²) in [5.41, 5.74) is 0. The van der Waals surface area contributed by atoms with E-state index in [4.69, 9.17) is 11.2 Å². The second-order valence-corrected chi connectivity index (χ2v) is 5.36. The number of ether oxygens (including phenoxy) is 1. The van der Waals surface area contributed by atoms with Gasteiger partial charge in [-0.3, -0.25) is 0 Å². The molecule has 0 amide bonds. The molecular formula is C10H19NO3S. The van der Waals surface area contributed by atoms with Crippen LogP contribution in [0.2, 0.25) is 0 Å². The van der Waals surface area contributed by atoms with E-state index in [2.05, 4.69) is 10.6 Å². The van der Waals surface area contributed by atoms with Crippen LogP contribution >= 0.6 is 0 Å². The Bertz CT molecular complexity index is 303. The Morgan fingerprint density at radius 3 is 2.47 bits per heavy atom. The zero-order chi connectivity index (χ0) is 11.9. The molecule has 0 radical (unpaired) electrons. The number of hydrogen-bond donors (Lipinski definition) is 1. The van der Waals surface area contributed by atoms with Gasteiger partial charge in [-0.2, -0.15) is 0 Å². The molecule has 88 valence electrons. The van der Waals surface area contributed by atoms with Crippen LogP contribution in [0.3, 0.4) is 0 Å². The van der Waals surface area contributed by atoms with Crippen LogP contribution in [0.5, 0.6) is 0 Å². The third kappa shape index (κ3) is 7.37. The van der Waals surface area contributed by atoms with Gasteiger partial charge < -0.3 is 4.74 Å². The van der Waals surface area contributed by atoms with E-state index >= 15 is 0 Å². The first-order valence-corrected chi connectivity index (χ1v) is 6.64. The van der Waals surface area contributed by atoms with E-state index in [1.54, 1.807) is 0 Å². The van der Waals surface area contributed by atoms with Gasteiger partial charge in [0.1, 0.15) is 0 Å². The maximum Gasteiger partial charge on any atom is 0.214 e. The zero-order valence-corrected chi connectivity index (χ0v) is 10.3. The normalized spacial score (nSPS) is 13.8. The highest BCUT2D eigenvalue weighted by Crippen LogP contribution is 1.95. The minimum Gasteiger partial charge on any atom is -0.378 e. The van der Waals surface area contributed by atoms with Crippen LogP contribution in [0.25, 0.3) is 0 Å². The smallest absolute Gasteiger partial charge is 0.214 e. The molecule has 4 nitrogen and oxygen atoms in total. The van der Waals surface area contributed by atoms with E-state index in [-0.39, 0.29) is 18.5 Å². The van der Waals surface area contributed by atoms with Crippen LogP contribution in [0.1, 0.15) is 27.2 Å². The van der Waals surface area contributed by atoms with Crippen molar-refractivity contribution >= 4 is 10.0 Å². The molecule has 0 aromatic rings. The zero-order valence-electron chi connectivity index (χ0n) is 9.49. The molecule has 0 aliphatic heterocycles. The Balaban J connectivity index is 4.04. The molecule has 0 aromatic carbocycles.